The molecule has 84 valence electrons. The summed E-state index contributed by atoms with van der Waals surface area (Å²) in [6.45, 7) is 8.32. The zero-order valence-corrected chi connectivity index (χ0v) is 9.88. The number of nitrogens with zero attached hydrogens (tertiary/aromatic N) is 1. The maximum Gasteiger partial charge on any atom is 0.310 e. The van der Waals surface area contributed by atoms with Crippen molar-refractivity contribution in [2.24, 2.45) is 5.92 Å². The van der Waals surface area contributed by atoms with Gasteiger partial charge in [0.05, 0.1) is 12.5 Å². The summed E-state index contributed by atoms with van der Waals surface area (Å²) in [6, 6.07) is 0. The molecule has 1 heterocycles. The van der Waals surface area contributed by atoms with Crippen molar-refractivity contribution in [2.75, 3.05) is 26.7 Å². The first-order valence-corrected chi connectivity index (χ1v) is 5.59. The number of carbonyl (C=O) groups is 1. The highest BCUT2D eigenvalue weighted by molar-refractivity contribution is 5.72. The van der Waals surface area contributed by atoms with Crippen molar-refractivity contribution >= 4 is 5.97 Å². The van der Waals surface area contributed by atoms with Crippen molar-refractivity contribution in [1.82, 2.24) is 4.90 Å². The fraction of sp³-hybridized carbons (Fsp3) is 0.909. The van der Waals surface area contributed by atoms with Gasteiger partial charge in [-0.1, -0.05) is 13.8 Å². The second-order valence-corrected chi connectivity index (χ2v) is 3.35. The Bertz CT molecular complexity index is 159. The molecule has 3 nitrogen and oxygen atoms in total. The van der Waals surface area contributed by atoms with Gasteiger partial charge in [-0.05, 0) is 33.4 Å². The molecule has 0 N–H and O–H groups in total. The largest absolute Gasteiger partial charge is 0.466 e. The molecule has 0 aromatic heterocycles. The summed E-state index contributed by atoms with van der Waals surface area (Å²) >= 11 is 0. The highest BCUT2D eigenvalue weighted by Crippen LogP contribution is 2.16. The number of hydrogen-bond donors (Lipinski definition) is 0. The van der Waals surface area contributed by atoms with Crippen LogP contribution in [0.15, 0.2) is 0 Å². The Morgan fingerprint density at radius 1 is 1.50 bits per heavy atom. The molecule has 0 aliphatic carbocycles. The molecule has 0 bridgehead atoms. The molecule has 14 heavy (non-hydrogen) atoms. The van der Waals surface area contributed by atoms with Gasteiger partial charge >= 0.3 is 5.97 Å². The summed E-state index contributed by atoms with van der Waals surface area (Å²) in [5, 5.41) is 0. The predicted octanol–water partition coefficient (Wildman–Crippen LogP) is 1.92. The Kier molecular flexibility index (Phi) is 7.48. The van der Waals surface area contributed by atoms with Gasteiger partial charge in [-0.15, -0.1) is 0 Å². The van der Waals surface area contributed by atoms with E-state index in [2.05, 4.69) is 4.90 Å². The van der Waals surface area contributed by atoms with Crippen molar-refractivity contribution in [1.29, 1.82) is 0 Å². The van der Waals surface area contributed by atoms with E-state index in [1.165, 1.54) is 0 Å². The van der Waals surface area contributed by atoms with Gasteiger partial charge in [0.15, 0.2) is 0 Å². The SMILES string of the molecule is CC.CCOC(=O)C1CCCN(C)C1. The third kappa shape index (κ3) is 4.61. The zero-order valence-electron chi connectivity index (χ0n) is 9.88. The summed E-state index contributed by atoms with van der Waals surface area (Å²) < 4.78 is 4.96. The summed E-state index contributed by atoms with van der Waals surface area (Å²) in [4.78, 5) is 13.5. The smallest absolute Gasteiger partial charge is 0.310 e. The Morgan fingerprint density at radius 2 is 2.14 bits per heavy atom. The second-order valence-electron chi connectivity index (χ2n) is 3.35. The molecule has 1 atom stereocenters. The Morgan fingerprint density at radius 3 is 2.64 bits per heavy atom. The minimum Gasteiger partial charge on any atom is -0.466 e. The molecule has 3 heteroatoms. The average Bonchev–Trinajstić information content (AvgIpc) is 2.21. The van der Waals surface area contributed by atoms with E-state index in [1.54, 1.807) is 0 Å². The van der Waals surface area contributed by atoms with E-state index < -0.39 is 0 Å². The number of hydrogen-bond acceptors (Lipinski definition) is 3. The average molecular weight is 201 g/mol. The summed E-state index contributed by atoms with van der Waals surface area (Å²) in [6.07, 6.45) is 2.10. The Hall–Kier alpha value is -0.570. The van der Waals surface area contributed by atoms with E-state index in [0.717, 1.165) is 25.9 Å². The molecule has 0 amide bonds. The van der Waals surface area contributed by atoms with Gasteiger partial charge < -0.3 is 9.64 Å². The Balaban J connectivity index is 0.000000791. The van der Waals surface area contributed by atoms with Crippen LogP contribution in [0.4, 0.5) is 0 Å². The summed E-state index contributed by atoms with van der Waals surface area (Å²) in [5.41, 5.74) is 0. The third-order valence-electron chi connectivity index (χ3n) is 2.24. The van der Waals surface area contributed by atoms with Gasteiger partial charge in [0.25, 0.3) is 0 Å². The monoisotopic (exact) mass is 201 g/mol. The lowest BCUT2D eigenvalue weighted by Crippen LogP contribution is -2.36. The molecular weight excluding hydrogens is 178 g/mol. The molecule has 1 aliphatic heterocycles. The van der Waals surface area contributed by atoms with Crippen LogP contribution in [0.5, 0.6) is 0 Å². The molecule has 1 aliphatic rings. The number of rotatable bonds is 2. The van der Waals surface area contributed by atoms with Gasteiger partial charge in [0.1, 0.15) is 0 Å². The van der Waals surface area contributed by atoms with Crippen LogP contribution < -0.4 is 0 Å². The van der Waals surface area contributed by atoms with Crippen molar-refractivity contribution in [2.45, 2.75) is 33.6 Å². The fourth-order valence-corrected chi connectivity index (χ4v) is 1.62. The van der Waals surface area contributed by atoms with E-state index in [1.807, 2.05) is 27.8 Å². The third-order valence-corrected chi connectivity index (χ3v) is 2.24. The van der Waals surface area contributed by atoms with Crippen LogP contribution >= 0.6 is 0 Å². The lowest BCUT2D eigenvalue weighted by molar-refractivity contribution is -0.149. The van der Waals surface area contributed by atoms with Crippen molar-refractivity contribution in [3.05, 3.63) is 0 Å². The van der Waals surface area contributed by atoms with Gasteiger partial charge in [0, 0.05) is 6.54 Å². The highest BCUT2D eigenvalue weighted by atomic mass is 16.5. The standard InChI is InChI=1S/C9H17NO2.C2H6/c1-3-12-9(11)8-5-4-6-10(2)7-8;1-2/h8H,3-7H2,1-2H3;1-2H3. The first-order valence-electron chi connectivity index (χ1n) is 5.59. The zero-order chi connectivity index (χ0) is 11.0. The first-order chi connectivity index (χ1) is 6.74. The van der Waals surface area contributed by atoms with E-state index >= 15 is 0 Å². The quantitative estimate of drug-likeness (QED) is 0.639. The van der Waals surface area contributed by atoms with E-state index in [0.29, 0.717) is 6.61 Å². The van der Waals surface area contributed by atoms with Crippen LogP contribution in [0, 0.1) is 5.92 Å². The fourth-order valence-electron chi connectivity index (χ4n) is 1.62. The molecule has 0 aromatic carbocycles. The van der Waals surface area contributed by atoms with Gasteiger partial charge in [-0.2, -0.15) is 0 Å². The van der Waals surface area contributed by atoms with Crippen LogP contribution in [0.25, 0.3) is 0 Å². The van der Waals surface area contributed by atoms with Crippen molar-refractivity contribution in [3.8, 4) is 0 Å². The van der Waals surface area contributed by atoms with Crippen molar-refractivity contribution in [3.63, 3.8) is 0 Å². The van der Waals surface area contributed by atoms with E-state index in [9.17, 15) is 4.79 Å². The van der Waals surface area contributed by atoms with Crippen LogP contribution in [-0.2, 0) is 9.53 Å². The first kappa shape index (κ1) is 13.4. The van der Waals surface area contributed by atoms with Crippen LogP contribution in [-0.4, -0.2) is 37.6 Å². The lowest BCUT2D eigenvalue weighted by Gasteiger charge is -2.27. The van der Waals surface area contributed by atoms with Crippen LogP contribution in [0.2, 0.25) is 0 Å². The molecule has 1 fully saturated rings. The number of carbonyl (C=O) groups excluding carboxylic acids is 1. The van der Waals surface area contributed by atoms with Gasteiger partial charge in [-0.3, -0.25) is 4.79 Å². The number of likely N-dealkylation sites (tertiary alicyclic amines) is 1. The number of ether oxygens (including phenoxy) is 1. The molecule has 0 radical (unpaired) electrons. The van der Waals surface area contributed by atoms with Crippen molar-refractivity contribution < 1.29 is 9.53 Å². The van der Waals surface area contributed by atoms with Gasteiger partial charge in [0.2, 0.25) is 0 Å². The number of esters is 1. The summed E-state index contributed by atoms with van der Waals surface area (Å²) in [5.74, 6) is 0.0905. The minimum atomic E-state index is -0.0240. The minimum absolute atomic E-state index is 0.0240. The summed E-state index contributed by atoms with van der Waals surface area (Å²) in [7, 11) is 2.05. The predicted molar refractivity (Wildman–Crippen MR) is 58.2 cm³/mol. The van der Waals surface area contributed by atoms with E-state index in [4.69, 9.17) is 4.74 Å². The Labute approximate surface area is 87.4 Å². The maximum absolute atomic E-state index is 11.3. The molecule has 1 unspecified atom stereocenters. The number of piperidine rings is 1. The molecule has 0 saturated carbocycles. The normalized spacial score (nSPS) is 22.1. The molecule has 0 spiro atoms. The molecule has 0 aromatic rings. The van der Waals surface area contributed by atoms with Gasteiger partial charge in [-0.25, -0.2) is 0 Å². The van der Waals surface area contributed by atoms with E-state index in [-0.39, 0.29) is 11.9 Å². The lowest BCUT2D eigenvalue weighted by atomic mass is 9.99. The molecular formula is C11H23NO2. The second kappa shape index (κ2) is 7.80. The van der Waals surface area contributed by atoms with Crippen LogP contribution in [0.1, 0.15) is 33.6 Å². The van der Waals surface area contributed by atoms with Crippen LogP contribution in [0.3, 0.4) is 0 Å². The molecule has 1 rings (SSSR count). The molecule has 1 saturated heterocycles. The maximum atomic E-state index is 11.3. The highest BCUT2D eigenvalue weighted by Gasteiger charge is 2.24. The topological polar surface area (TPSA) is 29.5 Å².